The minimum Gasteiger partial charge on any atom is -0.461 e. The molecule has 7 nitrogen and oxygen atoms in total. The summed E-state index contributed by atoms with van der Waals surface area (Å²) in [4.78, 5) is 25.2. The highest BCUT2D eigenvalue weighted by Gasteiger charge is 2.36. The number of carbonyl (C=O) groups excluding carboxylic acids is 2. The van der Waals surface area contributed by atoms with E-state index in [1.807, 2.05) is 0 Å². The Morgan fingerprint density at radius 1 is 0.617 bits per heavy atom. The van der Waals surface area contributed by atoms with Gasteiger partial charge in [0.2, 0.25) is 0 Å². The fourth-order valence-electron chi connectivity index (χ4n) is 8.09. The monoisotopic (exact) mass is 824 g/mol. The lowest BCUT2D eigenvalue weighted by atomic mass is 9.71. The van der Waals surface area contributed by atoms with Crippen LogP contribution in [0.25, 0.3) is 0 Å². The molecule has 6 N–H and O–H groups in total. The maximum Gasteiger partial charge on any atom is 0.323 e. The van der Waals surface area contributed by atoms with Crippen LogP contribution in [-0.2, 0) is 19.1 Å². The van der Waals surface area contributed by atoms with Crippen LogP contribution in [0.1, 0.15) is 147 Å². The van der Waals surface area contributed by atoms with Gasteiger partial charge in [-0.05, 0) is 102 Å². The quantitative estimate of drug-likeness (QED) is 0.0563. The van der Waals surface area contributed by atoms with Gasteiger partial charge in [-0.3, -0.25) is 9.59 Å². The van der Waals surface area contributed by atoms with Crippen LogP contribution in [0.5, 0.6) is 0 Å². The molecule has 0 aliphatic heterocycles. The number of allylic oxidation sites excluding steroid dienone is 20. The number of esters is 2. The van der Waals surface area contributed by atoms with E-state index >= 15 is 0 Å². The first-order chi connectivity index (χ1) is 28.3. The number of ether oxygens (including phenoxy) is 2. The van der Waals surface area contributed by atoms with Crippen molar-refractivity contribution in [1.29, 1.82) is 0 Å². The van der Waals surface area contributed by atoms with Crippen LogP contribution < -0.4 is 17.2 Å². The van der Waals surface area contributed by atoms with Gasteiger partial charge < -0.3 is 26.7 Å². The molecule has 7 heteroatoms. The Balaban J connectivity index is 1.91. The highest BCUT2D eigenvalue weighted by atomic mass is 16.5. The van der Waals surface area contributed by atoms with Crippen molar-refractivity contribution >= 4 is 11.9 Å². The molecule has 0 fully saturated rings. The summed E-state index contributed by atoms with van der Waals surface area (Å²) < 4.78 is 11.7. The van der Waals surface area contributed by atoms with Crippen LogP contribution >= 0.6 is 0 Å². The second-order valence-electron chi connectivity index (χ2n) is 18.5. The topological polar surface area (TPSA) is 131 Å². The summed E-state index contributed by atoms with van der Waals surface area (Å²) >= 11 is 0. The van der Waals surface area contributed by atoms with Crippen LogP contribution in [0.3, 0.4) is 0 Å². The Labute approximate surface area is 365 Å². The molecule has 332 valence electrons. The minimum absolute atomic E-state index is 0.106. The third kappa shape index (κ3) is 19.1. The summed E-state index contributed by atoms with van der Waals surface area (Å²) in [5, 5.41) is 0. The van der Waals surface area contributed by atoms with Crippen molar-refractivity contribution in [3.05, 3.63) is 130 Å². The van der Waals surface area contributed by atoms with Crippen LogP contribution in [-0.4, -0.2) is 42.8 Å². The van der Waals surface area contributed by atoms with Gasteiger partial charge in [-0.2, -0.15) is 0 Å². The first kappa shape index (κ1) is 52.1. The molecule has 0 saturated heterocycles. The van der Waals surface area contributed by atoms with Crippen molar-refractivity contribution in [1.82, 2.24) is 0 Å². The van der Waals surface area contributed by atoms with Gasteiger partial charge >= 0.3 is 11.9 Å². The predicted octanol–water partition coefficient (Wildman–Crippen LogP) is 12.0. The molecule has 0 aromatic rings. The first-order valence-corrected chi connectivity index (χ1v) is 22.4. The normalized spacial score (nSPS) is 22.0. The second kappa shape index (κ2) is 26.3. The van der Waals surface area contributed by atoms with Crippen molar-refractivity contribution in [3.63, 3.8) is 0 Å². The molecule has 0 heterocycles. The van der Waals surface area contributed by atoms with Gasteiger partial charge in [-0.1, -0.05) is 179 Å². The molecule has 2 aliphatic carbocycles. The zero-order valence-corrected chi connectivity index (χ0v) is 39.2. The maximum atomic E-state index is 12.6. The second-order valence-corrected chi connectivity index (χ2v) is 18.5. The van der Waals surface area contributed by atoms with Crippen molar-refractivity contribution in [2.24, 2.45) is 28.0 Å². The summed E-state index contributed by atoms with van der Waals surface area (Å²) in [6.07, 6.45) is 38.6. The SMILES string of the molecule is CCCCCC(N)C(=O)OC1CC(C)=C(/C=C/C(C)=C/C=C/C(C)=C/C=C/C=C(C)/C=C/C=C(C)/C=C/C2=C(C)CC(OC(=O)C(N)CCCCN)CC2(C)C)C(C)(C)C1. The molecule has 0 aromatic carbocycles. The van der Waals surface area contributed by atoms with Crippen molar-refractivity contribution in [2.75, 3.05) is 6.54 Å². The summed E-state index contributed by atoms with van der Waals surface area (Å²) in [5.74, 6) is -0.575. The smallest absolute Gasteiger partial charge is 0.323 e. The third-order valence-corrected chi connectivity index (χ3v) is 11.5. The molecular formula is C53H81N3O4. The molecule has 0 spiro atoms. The Bertz CT molecular complexity index is 1640. The summed E-state index contributed by atoms with van der Waals surface area (Å²) in [6.45, 7) is 24.3. The lowest BCUT2D eigenvalue weighted by Crippen LogP contribution is -2.38. The largest absolute Gasteiger partial charge is 0.461 e. The number of rotatable bonds is 22. The molecule has 0 bridgehead atoms. The van der Waals surface area contributed by atoms with Gasteiger partial charge in [0.05, 0.1) is 0 Å². The van der Waals surface area contributed by atoms with Crippen LogP contribution in [0.2, 0.25) is 0 Å². The number of nitrogens with two attached hydrogens (primary N) is 3. The maximum absolute atomic E-state index is 12.6. The van der Waals surface area contributed by atoms with Gasteiger partial charge in [-0.25, -0.2) is 0 Å². The molecule has 2 rings (SSSR count). The summed E-state index contributed by atoms with van der Waals surface area (Å²) in [5.41, 5.74) is 27.3. The van der Waals surface area contributed by atoms with Crippen molar-refractivity contribution in [2.45, 2.75) is 171 Å². The molecule has 4 atom stereocenters. The standard InChI is InChI=1S/C53H81N3O4/c1-12-13-14-27-48(55)50(57)59-44-34-42(6)46(52(8,9)36-44)31-29-40(4)25-19-23-38(2)21-15-16-22-39(3)24-20-26-41(5)30-32-47-43(7)35-45(37-53(47,10)11)60-51(58)49(56)28-17-18-33-54/h15-16,19-26,29-32,44-45,48-49H,12-14,17-18,27-28,33-37,54-56H2,1-11H3/b16-15+,23-19+,24-20+,31-29+,32-30+,38-21+,39-22+,40-25+,41-26+. The fourth-order valence-corrected chi connectivity index (χ4v) is 8.09. The van der Waals surface area contributed by atoms with Gasteiger partial charge in [0.25, 0.3) is 0 Å². The van der Waals surface area contributed by atoms with Crippen LogP contribution in [0.4, 0.5) is 0 Å². The van der Waals surface area contributed by atoms with E-state index in [1.165, 1.54) is 22.3 Å². The highest BCUT2D eigenvalue weighted by molar-refractivity contribution is 5.76. The first-order valence-electron chi connectivity index (χ1n) is 22.4. The Kier molecular flexibility index (Phi) is 22.9. The minimum atomic E-state index is -0.589. The third-order valence-electron chi connectivity index (χ3n) is 11.5. The highest BCUT2D eigenvalue weighted by Crippen LogP contribution is 2.43. The molecule has 0 saturated carbocycles. The van der Waals surface area contributed by atoms with Crippen molar-refractivity contribution < 1.29 is 19.1 Å². The molecule has 60 heavy (non-hydrogen) atoms. The Morgan fingerprint density at radius 2 is 0.983 bits per heavy atom. The predicted molar refractivity (Wildman–Crippen MR) is 255 cm³/mol. The van der Waals surface area contributed by atoms with E-state index in [9.17, 15) is 9.59 Å². The van der Waals surface area contributed by atoms with Crippen molar-refractivity contribution in [3.8, 4) is 0 Å². The number of unbranched alkanes of at least 4 members (excludes halogenated alkanes) is 3. The molecule has 2 aliphatic rings. The molecule has 4 unspecified atom stereocenters. The lowest BCUT2D eigenvalue weighted by molar-refractivity contribution is -0.153. The van der Waals surface area contributed by atoms with Gasteiger partial charge in [-0.15, -0.1) is 0 Å². The summed E-state index contributed by atoms with van der Waals surface area (Å²) in [6, 6.07) is -1.12. The van der Waals surface area contributed by atoms with Crippen LogP contribution in [0, 0.1) is 10.8 Å². The number of hydrogen-bond donors (Lipinski definition) is 3. The Morgan fingerprint density at radius 3 is 1.35 bits per heavy atom. The van der Waals surface area contributed by atoms with Gasteiger partial charge in [0.1, 0.15) is 24.3 Å². The molecule has 0 amide bonds. The average molecular weight is 824 g/mol. The van der Waals surface area contributed by atoms with Gasteiger partial charge in [0.15, 0.2) is 0 Å². The number of carbonyl (C=O) groups is 2. The lowest BCUT2D eigenvalue weighted by Gasteiger charge is -2.37. The van der Waals surface area contributed by atoms with E-state index < -0.39 is 12.1 Å². The fraction of sp³-hybridized carbons (Fsp3) is 0.547. The van der Waals surface area contributed by atoms with E-state index in [0.717, 1.165) is 80.1 Å². The van der Waals surface area contributed by atoms with E-state index in [2.05, 4.69) is 161 Å². The summed E-state index contributed by atoms with van der Waals surface area (Å²) in [7, 11) is 0. The van der Waals surface area contributed by atoms with Gasteiger partial charge in [0, 0.05) is 12.8 Å². The van der Waals surface area contributed by atoms with E-state index in [-0.39, 0.29) is 35.0 Å². The molecule has 0 aromatic heterocycles. The van der Waals surface area contributed by atoms with E-state index in [4.69, 9.17) is 26.7 Å². The molecular weight excluding hydrogens is 743 g/mol. The van der Waals surface area contributed by atoms with E-state index in [0.29, 0.717) is 19.4 Å². The zero-order valence-electron chi connectivity index (χ0n) is 39.2. The van der Waals surface area contributed by atoms with E-state index in [1.54, 1.807) is 0 Å². The van der Waals surface area contributed by atoms with Crippen LogP contribution in [0.15, 0.2) is 130 Å². The zero-order chi connectivity index (χ0) is 44.9. The number of hydrogen-bond acceptors (Lipinski definition) is 7. The molecule has 0 radical (unpaired) electrons. The average Bonchev–Trinajstić information content (AvgIpc) is 3.15. The Hall–Kier alpha value is -4.04.